The third-order valence-corrected chi connectivity index (χ3v) is 5.73. The maximum atomic E-state index is 6.08. The lowest BCUT2D eigenvalue weighted by Crippen LogP contribution is -2.22. The molecular formula is C22H28N4. The fourth-order valence-electron chi connectivity index (χ4n) is 4.20. The maximum Gasteiger partial charge on any atom is 0.0964 e. The smallest absolute Gasteiger partial charge is 0.0964 e. The second kappa shape index (κ2) is 7.58. The van der Waals surface area contributed by atoms with Gasteiger partial charge in [-0.25, -0.2) is 0 Å². The Hall–Kier alpha value is -2.20. The van der Waals surface area contributed by atoms with Crippen LogP contribution in [0.4, 0.5) is 5.69 Å². The molecular weight excluding hydrogens is 320 g/mol. The molecule has 4 N–H and O–H groups in total. The summed E-state index contributed by atoms with van der Waals surface area (Å²) in [6, 6.07) is 8.33. The summed E-state index contributed by atoms with van der Waals surface area (Å²) in [6.07, 6.45) is 12.6. The molecule has 0 spiro atoms. The van der Waals surface area contributed by atoms with Crippen LogP contribution in [0.5, 0.6) is 0 Å². The van der Waals surface area contributed by atoms with Gasteiger partial charge >= 0.3 is 0 Å². The SMILES string of the molecule is Nc1ccc(-c2nnc(C3=CCC(N)CC3)c3c2CCCCCC3)cc1. The van der Waals surface area contributed by atoms with Gasteiger partial charge in [-0.1, -0.05) is 31.1 Å². The van der Waals surface area contributed by atoms with Gasteiger partial charge in [0.1, 0.15) is 0 Å². The van der Waals surface area contributed by atoms with Gasteiger partial charge < -0.3 is 11.5 Å². The molecule has 1 atom stereocenters. The molecule has 4 nitrogen and oxygen atoms in total. The molecule has 0 aliphatic heterocycles. The number of rotatable bonds is 2. The number of nitrogens with two attached hydrogens (primary N) is 2. The van der Waals surface area contributed by atoms with Crippen molar-refractivity contribution in [1.29, 1.82) is 0 Å². The number of allylic oxidation sites excluding steroid dienone is 1. The quantitative estimate of drug-likeness (QED) is 0.794. The van der Waals surface area contributed by atoms with Gasteiger partial charge in [0, 0.05) is 17.3 Å². The van der Waals surface area contributed by atoms with Crippen LogP contribution in [0.25, 0.3) is 16.8 Å². The highest BCUT2D eigenvalue weighted by Gasteiger charge is 2.22. The molecule has 2 aliphatic rings. The Balaban J connectivity index is 1.82. The average molecular weight is 348 g/mol. The van der Waals surface area contributed by atoms with Crippen molar-refractivity contribution in [3.63, 3.8) is 0 Å². The summed E-state index contributed by atoms with van der Waals surface area (Å²) in [5, 5.41) is 9.42. The second-order valence-corrected chi connectivity index (χ2v) is 7.65. The predicted octanol–water partition coefficient (Wildman–Crippen LogP) is 4.28. The molecule has 1 heterocycles. The Morgan fingerprint density at radius 2 is 1.46 bits per heavy atom. The molecule has 0 radical (unpaired) electrons. The minimum Gasteiger partial charge on any atom is -0.399 e. The zero-order chi connectivity index (χ0) is 17.9. The number of fused-ring (bicyclic) bond motifs is 1. The van der Waals surface area contributed by atoms with E-state index in [9.17, 15) is 0 Å². The first-order chi connectivity index (χ1) is 12.7. The minimum atomic E-state index is 0.294. The summed E-state index contributed by atoms with van der Waals surface area (Å²) in [6.45, 7) is 0. The van der Waals surface area contributed by atoms with Gasteiger partial charge in [-0.3, -0.25) is 0 Å². The Morgan fingerprint density at radius 3 is 2.12 bits per heavy atom. The number of nitrogen functional groups attached to an aromatic ring is 1. The van der Waals surface area contributed by atoms with Gasteiger partial charge in [-0.15, -0.1) is 10.2 Å². The molecule has 1 aromatic carbocycles. The lowest BCUT2D eigenvalue weighted by Gasteiger charge is -2.23. The minimum absolute atomic E-state index is 0.294. The van der Waals surface area contributed by atoms with Crippen LogP contribution >= 0.6 is 0 Å². The molecule has 1 aromatic heterocycles. The van der Waals surface area contributed by atoms with E-state index in [1.165, 1.54) is 42.4 Å². The largest absolute Gasteiger partial charge is 0.399 e. The van der Waals surface area contributed by atoms with Crippen molar-refractivity contribution in [2.75, 3.05) is 5.73 Å². The highest BCUT2D eigenvalue weighted by atomic mass is 15.1. The van der Waals surface area contributed by atoms with E-state index in [1.807, 2.05) is 12.1 Å². The van der Waals surface area contributed by atoms with Gasteiger partial charge in [0.25, 0.3) is 0 Å². The van der Waals surface area contributed by atoms with Crippen molar-refractivity contribution >= 4 is 11.3 Å². The summed E-state index contributed by atoms with van der Waals surface area (Å²) < 4.78 is 0. The molecule has 0 fully saturated rings. The number of hydrogen-bond donors (Lipinski definition) is 2. The van der Waals surface area contributed by atoms with Crippen molar-refractivity contribution in [1.82, 2.24) is 10.2 Å². The number of hydrogen-bond acceptors (Lipinski definition) is 4. The van der Waals surface area contributed by atoms with Crippen LogP contribution in [0.15, 0.2) is 30.3 Å². The molecule has 2 aromatic rings. The molecule has 0 saturated heterocycles. The fourth-order valence-corrected chi connectivity index (χ4v) is 4.20. The van der Waals surface area contributed by atoms with E-state index in [-0.39, 0.29) is 0 Å². The summed E-state index contributed by atoms with van der Waals surface area (Å²) in [5.41, 5.74) is 20.2. The number of benzene rings is 1. The third-order valence-electron chi connectivity index (χ3n) is 5.73. The third kappa shape index (κ3) is 3.51. The van der Waals surface area contributed by atoms with Gasteiger partial charge in [-0.2, -0.15) is 0 Å². The molecule has 4 heteroatoms. The first kappa shape index (κ1) is 17.2. The van der Waals surface area contributed by atoms with E-state index >= 15 is 0 Å². The summed E-state index contributed by atoms with van der Waals surface area (Å²) in [4.78, 5) is 0. The molecule has 4 rings (SSSR count). The van der Waals surface area contributed by atoms with Crippen LogP contribution in [-0.4, -0.2) is 16.2 Å². The van der Waals surface area contributed by atoms with E-state index in [1.54, 1.807) is 0 Å². The van der Waals surface area contributed by atoms with Crippen molar-refractivity contribution in [3.05, 3.63) is 47.2 Å². The van der Waals surface area contributed by atoms with Crippen LogP contribution in [0.1, 0.15) is 61.8 Å². The zero-order valence-electron chi connectivity index (χ0n) is 15.4. The lowest BCUT2D eigenvalue weighted by molar-refractivity contribution is 0.603. The Kier molecular flexibility index (Phi) is 5.02. The van der Waals surface area contributed by atoms with Gasteiger partial charge in [0.2, 0.25) is 0 Å². The maximum absolute atomic E-state index is 6.08. The van der Waals surface area contributed by atoms with Crippen molar-refractivity contribution in [2.45, 2.75) is 63.8 Å². The van der Waals surface area contributed by atoms with Crippen LogP contribution in [-0.2, 0) is 12.8 Å². The van der Waals surface area contributed by atoms with Crippen molar-refractivity contribution in [3.8, 4) is 11.3 Å². The summed E-state index contributed by atoms with van der Waals surface area (Å²) in [5.74, 6) is 0. The molecule has 0 saturated carbocycles. The van der Waals surface area contributed by atoms with E-state index in [0.717, 1.165) is 54.7 Å². The van der Waals surface area contributed by atoms with E-state index in [0.29, 0.717) is 6.04 Å². The number of anilines is 1. The molecule has 26 heavy (non-hydrogen) atoms. The van der Waals surface area contributed by atoms with Crippen molar-refractivity contribution < 1.29 is 0 Å². The predicted molar refractivity (Wildman–Crippen MR) is 108 cm³/mol. The average Bonchev–Trinajstić information content (AvgIpc) is 2.63. The second-order valence-electron chi connectivity index (χ2n) is 7.65. The van der Waals surface area contributed by atoms with E-state index in [4.69, 9.17) is 21.7 Å². The van der Waals surface area contributed by atoms with Crippen LogP contribution in [0.2, 0.25) is 0 Å². The highest BCUT2D eigenvalue weighted by molar-refractivity contribution is 5.72. The van der Waals surface area contributed by atoms with Crippen LogP contribution < -0.4 is 11.5 Å². The Morgan fingerprint density at radius 1 is 0.808 bits per heavy atom. The highest BCUT2D eigenvalue weighted by Crippen LogP contribution is 2.35. The normalized spacial score (nSPS) is 20.7. The standard InChI is InChI=1S/C22H28N4/c23-17-11-7-15(8-12-17)21-19-5-3-1-2-4-6-20(19)22(26-25-21)16-9-13-18(24)14-10-16/h7-9,11-12,18H,1-6,10,13-14,23-24H2. The van der Waals surface area contributed by atoms with Gasteiger partial charge in [0.15, 0.2) is 0 Å². The summed E-state index contributed by atoms with van der Waals surface area (Å²) in [7, 11) is 0. The molecule has 0 bridgehead atoms. The van der Waals surface area contributed by atoms with E-state index in [2.05, 4.69) is 18.2 Å². The zero-order valence-corrected chi connectivity index (χ0v) is 15.4. The first-order valence-electron chi connectivity index (χ1n) is 9.91. The first-order valence-corrected chi connectivity index (χ1v) is 9.91. The number of nitrogens with zero attached hydrogens (tertiary/aromatic N) is 2. The Labute approximate surface area is 155 Å². The molecule has 136 valence electrons. The lowest BCUT2D eigenvalue weighted by atomic mass is 9.85. The van der Waals surface area contributed by atoms with Crippen LogP contribution in [0.3, 0.4) is 0 Å². The Bertz CT molecular complexity index is 808. The molecule has 2 aliphatic carbocycles. The fraction of sp³-hybridized carbons (Fsp3) is 0.455. The molecule has 0 amide bonds. The monoisotopic (exact) mass is 348 g/mol. The van der Waals surface area contributed by atoms with Crippen LogP contribution in [0, 0.1) is 0 Å². The molecule has 1 unspecified atom stereocenters. The van der Waals surface area contributed by atoms with E-state index < -0.39 is 0 Å². The summed E-state index contributed by atoms with van der Waals surface area (Å²) >= 11 is 0. The van der Waals surface area contributed by atoms with Gasteiger partial charge in [0.05, 0.1) is 11.4 Å². The van der Waals surface area contributed by atoms with Crippen molar-refractivity contribution in [2.24, 2.45) is 5.73 Å². The van der Waals surface area contributed by atoms with Gasteiger partial charge in [-0.05, 0) is 73.8 Å². The number of aromatic nitrogens is 2. The topological polar surface area (TPSA) is 77.8 Å².